The van der Waals surface area contributed by atoms with Gasteiger partial charge in [0.2, 0.25) is 0 Å². The molecule has 0 spiro atoms. The minimum Gasteiger partial charge on any atom is -0.382 e. The van der Waals surface area contributed by atoms with E-state index in [0.717, 1.165) is 25.9 Å². The van der Waals surface area contributed by atoms with Crippen LogP contribution in [0.5, 0.6) is 0 Å². The van der Waals surface area contributed by atoms with Gasteiger partial charge in [-0.3, -0.25) is 4.57 Å². The number of sulfonamides is 1. The molecule has 0 atom stereocenters. The normalized spacial score (nSPS) is 11.8. The molecule has 0 bridgehead atoms. The Kier molecular flexibility index (Phi) is 9.20. The van der Waals surface area contributed by atoms with Gasteiger partial charge in [-0.2, -0.15) is 9.78 Å². The van der Waals surface area contributed by atoms with Gasteiger partial charge in [-0.15, -0.1) is 11.3 Å². The van der Waals surface area contributed by atoms with E-state index in [0.29, 0.717) is 41.6 Å². The lowest BCUT2D eigenvalue weighted by Crippen LogP contribution is -2.34. The smallest absolute Gasteiger partial charge is 0.351 e. The van der Waals surface area contributed by atoms with E-state index < -0.39 is 10.0 Å². The number of aromatic nitrogens is 4. The van der Waals surface area contributed by atoms with E-state index in [1.165, 1.54) is 16.0 Å². The van der Waals surface area contributed by atoms with E-state index in [1.54, 1.807) is 32.4 Å². The van der Waals surface area contributed by atoms with Crippen molar-refractivity contribution in [2.24, 2.45) is 0 Å². The van der Waals surface area contributed by atoms with Crippen LogP contribution in [0, 0.1) is 34.6 Å². The van der Waals surface area contributed by atoms with E-state index in [1.807, 2.05) is 68.4 Å². The number of hydrogen-bond acceptors (Lipinski definition) is 9. The molecule has 5 aromatic rings. The Balaban J connectivity index is 1.49. The number of anilines is 1. The highest BCUT2D eigenvalue weighted by molar-refractivity contribution is 7.95. The molecule has 232 valence electrons. The highest BCUT2D eigenvalue weighted by Crippen LogP contribution is 2.40. The molecule has 0 unspecified atom stereocenters. The summed E-state index contributed by atoms with van der Waals surface area (Å²) in [6.07, 6.45) is 0. The van der Waals surface area contributed by atoms with Crippen LogP contribution in [-0.2, 0) is 26.0 Å². The number of hydrogen-bond donors (Lipinski definition) is 0. The van der Waals surface area contributed by atoms with E-state index >= 15 is 0 Å². The summed E-state index contributed by atoms with van der Waals surface area (Å²) < 4.78 is 48.9. The SMILES string of the molecule is COCCOCN(c1noc(C)c1C)S(=O)(=O)c1sc(C)cc1-c1ccc(Cn2c(C)nn(-c3ccccc3)c2=O)cc1C. The number of para-hydroxylation sites is 1. The van der Waals surface area contributed by atoms with E-state index in [9.17, 15) is 13.2 Å². The Morgan fingerprint density at radius 3 is 2.39 bits per heavy atom. The van der Waals surface area contributed by atoms with E-state index in [-0.39, 0.29) is 29.1 Å². The molecule has 44 heavy (non-hydrogen) atoms. The Hall–Kier alpha value is -4.04. The maximum atomic E-state index is 14.3. The lowest BCUT2D eigenvalue weighted by atomic mass is 10.0. The minimum absolute atomic E-state index is 0.178. The topological polar surface area (TPSA) is 122 Å². The zero-order chi connectivity index (χ0) is 31.6. The van der Waals surface area contributed by atoms with Gasteiger partial charge in [0.05, 0.1) is 25.4 Å². The van der Waals surface area contributed by atoms with Crippen LogP contribution in [-0.4, -0.2) is 55.0 Å². The van der Waals surface area contributed by atoms with Gasteiger partial charge in [0, 0.05) is 23.1 Å². The predicted octanol–water partition coefficient (Wildman–Crippen LogP) is 5.16. The number of nitrogens with zero attached hydrogens (tertiary/aromatic N) is 5. The quantitative estimate of drug-likeness (QED) is 0.136. The van der Waals surface area contributed by atoms with Crippen LogP contribution in [0.25, 0.3) is 16.8 Å². The first-order chi connectivity index (χ1) is 21.0. The van der Waals surface area contributed by atoms with Crippen LogP contribution < -0.4 is 9.99 Å². The Morgan fingerprint density at radius 2 is 1.73 bits per heavy atom. The van der Waals surface area contributed by atoms with Gasteiger partial charge in [0.25, 0.3) is 10.0 Å². The second-order valence-corrected chi connectivity index (χ2v) is 13.8. The molecule has 0 N–H and O–H groups in total. The van der Waals surface area contributed by atoms with Crippen molar-refractivity contribution >= 4 is 27.2 Å². The van der Waals surface area contributed by atoms with Crippen molar-refractivity contribution in [3.63, 3.8) is 0 Å². The molecular weight excluding hydrogens is 603 g/mol. The van der Waals surface area contributed by atoms with Crippen LogP contribution in [0.3, 0.4) is 0 Å². The molecule has 11 nitrogen and oxygen atoms in total. The number of aryl methyl sites for hydroxylation is 4. The van der Waals surface area contributed by atoms with Gasteiger partial charge in [-0.05, 0) is 69.5 Å². The van der Waals surface area contributed by atoms with Gasteiger partial charge < -0.3 is 14.0 Å². The summed E-state index contributed by atoms with van der Waals surface area (Å²) in [5.74, 6) is 1.30. The molecule has 13 heteroatoms. The monoisotopic (exact) mass is 637 g/mol. The predicted molar refractivity (Wildman–Crippen MR) is 169 cm³/mol. The summed E-state index contributed by atoms with van der Waals surface area (Å²) in [6.45, 7) is 9.70. The Bertz CT molecular complexity index is 1940. The fraction of sp³-hybridized carbons (Fsp3) is 0.323. The highest BCUT2D eigenvalue weighted by Gasteiger charge is 2.34. The van der Waals surface area contributed by atoms with Gasteiger partial charge in [-0.1, -0.05) is 41.6 Å². The zero-order valence-electron chi connectivity index (χ0n) is 25.5. The Labute approximate surface area is 260 Å². The summed E-state index contributed by atoms with van der Waals surface area (Å²) in [7, 11) is -2.56. The van der Waals surface area contributed by atoms with Gasteiger partial charge in [-0.25, -0.2) is 17.5 Å². The number of thiophene rings is 1. The van der Waals surface area contributed by atoms with Crippen molar-refractivity contribution in [3.05, 3.63) is 98.2 Å². The first-order valence-corrected chi connectivity index (χ1v) is 16.2. The van der Waals surface area contributed by atoms with Crippen molar-refractivity contribution in [2.45, 2.75) is 45.4 Å². The molecule has 0 aliphatic carbocycles. The molecular formula is C31H35N5O6S2. The van der Waals surface area contributed by atoms with Crippen LogP contribution in [0.2, 0.25) is 0 Å². The zero-order valence-corrected chi connectivity index (χ0v) is 27.2. The maximum Gasteiger partial charge on any atom is 0.351 e. The highest BCUT2D eigenvalue weighted by atomic mass is 32.2. The standard InChI is InChI=1S/C31H35N5O6S2/c1-20-16-25(18-34-24(5)32-36(31(34)37)26-10-8-7-9-11-26)12-13-27(20)28-17-21(2)43-30(28)44(38,39)35(19-41-15-14-40-6)29-22(3)23(4)42-33-29/h7-13,16-17H,14-15,18-19H2,1-6H3. The van der Waals surface area contributed by atoms with Gasteiger partial charge in [0.1, 0.15) is 22.5 Å². The summed E-state index contributed by atoms with van der Waals surface area (Å²) in [4.78, 5) is 14.0. The lowest BCUT2D eigenvalue weighted by molar-refractivity contribution is 0.0753. The van der Waals surface area contributed by atoms with Crippen molar-refractivity contribution in [3.8, 4) is 16.8 Å². The van der Waals surface area contributed by atoms with E-state index in [4.69, 9.17) is 14.0 Å². The molecule has 0 saturated carbocycles. The third-order valence-electron chi connectivity index (χ3n) is 7.32. The maximum absolute atomic E-state index is 14.3. The molecule has 0 amide bonds. The molecule has 3 heterocycles. The fourth-order valence-electron chi connectivity index (χ4n) is 4.87. The van der Waals surface area contributed by atoms with Crippen LogP contribution in [0.1, 0.15) is 33.2 Å². The molecule has 2 aromatic carbocycles. The largest absolute Gasteiger partial charge is 0.382 e. The summed E-state index contributed by atoms with van der Waals surface area (Å²) in [5, 5.41) is 8.50. The average molecular weight is 638 g/mol. The fourth-order valence-corrected chi connectivity index (χ4v) is 7.96. The first kappa shape index (κ1) is 31.4. The average Bonchev–Trinajstić information content (AvgIpc) is 3.64. The summed E-state index contributed by atoms with van der Waals surface area (Å²) in [5.41, 5.74) is 4.19. The van der Waals surface area contributed by atoms with Crippen molar-refractivity contribution in [1.82, 2.24) is 19.5 Å². The van der Waals surface area contributed by atoms with Crippen molar-refractivity contribution in [2.75, 3.05) is 31.4 Å². The molecule has 0 aliphatic rings. The third-order valence-corrected chi connectivity index (χ3v) is 10.6. The lowest BCUT2D eigenvalue weighted by Gasteiger charge is -2.22. The molecule has 3 aromatic heterocycles. The van der Waals surface area contributed by atoms with Crippen LogP contribution in [0.15, 0.2) is 68.1 Å². The number of rotatable bonds is 12. The molecule has 0 saturated heterocycles. The van der Waals surface area contributed by atoms with Crippen LogP contribution >= 0.6 is 11.3 Å². The van der Waals surface area contributed by atoms with Gasteiger partial charge >= 0.3 is 5.69 Å². The van der Waals surface area contributed by atoms with Gasteiger partial charge in [0.15, 0.2) is 5.82 Å². The summed E-state index contributed by atoms with van der Waals surface area (Å²) >= 11 is 1.19. The van der Waals surface area contributed by atoms with Crippen LogP contribution in [0.4, 0.5) is 5.82 Å². The second-order valence-electron chi connectivity index (χ2n) is 10.4. The van der Waals surface area contributed by atoms with E-state index in [2.05, 4.69) is 10.3 Å². The first-order valence-electron chi connectivity index (χ1n) is 14.0. The molecule has 0 radical (unpaired) electrons. The second kappa shape index (κ2) is 12.9. The molecule has 5 rings (SSSR count). The number of benzene rings is 2. The summed E-state index contributed by atoms with van der Waals surface area (Å²) in [6, 6.07) is 16.9. The third kappa shape index (κ3) is 6.13. The molecule has 0 aliphatic heterocycles. The number of ether oxygens (including phenoxy) is 2. The molecule has 0 fully saturated rings. The Morgan fingerprint density at radius 1 is 0.977 bits per heavy atom. The van der Waals surface area contributed by atoms with Crippen molar-refractivity contribution in [1.29, 1.82) is 0 Å². The van der Waals surface area contributed by atoms with Crippen molar-refractivity contribution < 1.29 is 22.4 Å². The number of methoxy groups -OCH3 is 1. The minimum atomic E-state index is -4.11.